The van der Waals surface area contributed by atoms with E-state index < -0.39 is 8.32 Å². The third-order valence-electron chi connectivity index (χ3n) is 4.08. The molecule has 3 heteroatoms. The molecular weight excluding hydrogens is 204 g/mol. The van der Waals surface area contributed by atoms with Crippen LogP contribution in [0.25, 0.3) is 0 Å². The number of rotatable bonds is 3. The molecule has 1 saturated carbocycles. The predicted molar refractivity (Wildman–Crippen MR) is 66.5 cm³/mol. The lowest BCUT2D eigenvalue weighted by atomic mass is 10.1. The van der Waals surface area contributed by atoms with Crippen LogP contribution in [0.4, 0.5) is 0 Å². The van der Waals surface area contributed by atoms with E-state index in [9.17, 15) is 5.11 Å². The molecule has 15 heavy (non-hydrogen) atoms. The van der Waals surface area contributed by atoms with E-state index in [0.29, 0.717) is 18.6 Å². The van der Waals surface area contributed by atoms with Crippen molar-refractivity contribution in [2.24, 2.45) is 5.92 Å². The SMILES string of the molecule is CC(C)(C)[Si](C)(C)O[C@H]1CCC[C@H]1CO. The van der Waals surface area contributed by atoms with Gasteiger partial charge in [-0.1, -0.05) is 27.2 Å². The molecule has 1 aliphatic rings. The van der Waals surface area contributed by atoms with Crippen LogP contribution in [0.2, 0.25) is 18.1 Å². The van der Waals surface area contributed by atoms with Crippen LogP contribution >= 0.6 is 0 Å². The molecule has 1 fully saturated rings. The maximum absolute atomic E-state index is 9.27. The van der Waals surface area contributed by atoms with E-state index in [4.69, 9.17) is 4.43 Å². The van der Waals surface area contributed by atoms with Gasteiger partial charge in [-0.05, 0) is 31.0 Å². The monoisotopic (exact) mass is 230 g/mol. The highest BCUT2D eigenvalue weighted by atomic mass is 28.4. The minimum Gasteiger partial charge on any atom is -0.414 e. The number of hydrogen-bond donors (Lipinski definition) is 1. The number of hydrogen-bond acceptors (Lipinski definition) is 2. The van der Waals surface area contributed by atoms with Gasteiger partial charge in [-0.2, -0.15) is 0 Å². The van der Waals surface area contributed by atoms with Crippen LogP contribution in [0, 0.1) is 5.92 Å². The van der Waals surface area contributed by atoms with E-state index in [2.05, 4.69) is 33.9 Å². The largest absolute Gasteiger partial charge is 0.414 e. The van der Waals surface area contributed by atoms with Gasteiger partial charge in [0.1, 0.15) is 0 Å². The normalized spacial score (nSPS) is 28.4. The van der Waals surface area contributed by atoms with Crippen molar-refractivity contribution in [3.63, 3.8) is 0 Å². The first-order valence-corrected chi connectivity index (χ1v) is 8.97. The highest BCUT2D eigenvalue weighted by molar-refractivity contribution is 6.74. The Balaban J connectivity index is 2.60. The fourth-order valence-electron chi connectivity index (χ4n) is 1.92. The van der Waals surface area contributed by atoms with Gasteiger partial charge in [0.15, 0.2) is 8.32 Å². The highest BCUT2D eigenvalue weighted by Crippen LogP contribution is 2.40. The first kappa shape index (κ1) is 13.2. The third-order valence-corrected chi connectivity index (χ3v) is 8.58. The number of aliphatic hydroxyl groups is 1. The van der Waals surface area contributed by atoms with Gasteiger partial charge < -0.3 is 9.53 Å². The average molecular weight is 230 g/mol. The van der Waals surface area contributed by atoms with E-state index >= 15 is 0 Å². The van der Waals surface area contributed by atoms with E-state index in [1.165, 1.54) is 6.42 Å². The zero-order chi connectivity index (χ0) is 11.7. The Morgan fingerprint density at radius 3 is 2.33 bits per heavy atom. The predicted octanol–water partition coefficient (Wildman–Crippen LogP) is 3.17. The molecule has 2 nitrogen and oxygen atoms in total. The first-order valence-electron chi connectivity index (χ1n) is 6.06. The van der Waals surface area contributed by atoms with Gasteiger partial charge in [0.05, 0.1) is 6.10 Å². The Hall–Kier alpha value is 0.137. The van der Waals surface area contributed by atoms with Crippen LogP contribution in [0.1, 0.15) is 40.0 Å². The molecule has 0 aromatic heterocycles. The molecule has 1 aliphatic carbocycles. The minimum atomic E-state index is -1.64. The van der Waals surface area contributed by atoms with Crippen LogP contribution in [0.3, 0.4) is 0 Å². The molecular formula is C12H26O2Si. The van der Waals surface area contributed by atoms with Gasteiger partial charge >= 0.3 is 0 Å². The van der Waals surface area contributed by atoms with E-state index in [1.54, 1.807) is 0 Å². The van der Waals surface area contributed by atoms with Gasteiger partial charge in [0.2, 0.25) is 0 Å². The summed E-state index contributed by atoms with van der Waals surface area (Å²) in [4.78, 5) is 0. The van der Waals surface area contributed by atoms with Crippen LogP contribution in [0.5, 0.6) is 0 Å². The second-order valence-electron chi connectivity index (χ2n) is 6.29. The molecule has 0 heterocycles. The second-order valence-corrected chi connectivity index (χ2v) is 11.0. The molecule has 0 aliphatic heterocycles. The summed E-state index contributed by atoms with van der Waals surface area (Å²) in [5.74, 6) is 0.388. The Labute approximate surface area is 95.2 Å². The highest BCUT2D eigenvalue weighted by Gasteiger charge is 2.41. The average Bonchev–Trinajstić information content (AvgIpc) is 2.48. The lowest BCUT2D eigenvalue weighted by molar-refractivity contribution is 0.0981. The van der Waals surface area contributed by atoms with Crippen molar-refractivity contribution in [1.82, 2.24) is 0 Å². The van der Waals surface area contributed by atoms with E-state index in [1.807, 2.05) is 0 Å². The molecule has 0 spiro atoms. The molecule has 0 bridgehead atoms. The van der Waals surface area contributed by atoms with Gasteiger partial charge in [0.25, 0.3) is 0 Å². The smallest absolute Gasteiger partial charge is 0.192 e. The molecule has 0 unspecified atom stereocenters. The maximum Gasteiger partial charge on any atom is 0.192 e. The van der Waals surface area contributed by atoms with Crippen molar-refractivity contribution in [2.45, 2.75) is 64.3 Å². The maximum atomic E-state index is 9.27. The van der Waals surface area contributed by atoms with E-state index in [0.717, 1.165) is 12.8 Å². The minimum absolute atomic E-state index is 0.273. The Kier molecular flexibility index (Phi) is 4.01. The van der Waals surface area contributed by atoms with Crippen molar-refractivity contribution < 1.29 is 9.53 Å². The summed E-state index contributed by atoms with van der Waals surface area (Å²) in [6, 6.07) is 0. The molecule has 0 saturated heterocycles. The molecule has 2 atom stereocenters. The topological polar surface area (TPSA) is 29.5 Å². The quantitative estimate of drug-likeness (QED) is 0.755. The van der Waals surface area contributed by atoms with Crippen LogP contribution < -0.4 is 0 Å². The molecule has 0 amide bonds. The summed E-state index contributed by atoms with van der Waals surface area (Å²) < 4.78 is 6.35. The fraction of sp³-hybridized carbons (Fsp3) is 1.00. The van der Waals surface area contributed by atoms with Gasteiger partial charge in [-0.3, -0.25) is 0 Å². The summed E-state index contributed by atoms with van der Waals surface area (Å²) >= 11 is 0. The van der Waals surface area contributed by atoms with Crippen molar-refractivity contribution in [3.05, 3.63) is 0 Å². The summed E-state index contributed by atoms with van der Waals surface area (Å²) in [7, 11) is -1.64. The Bertz CT molecular complexity index is 208. The molecule has 0 aromatic carbocycles. The summed E-state index contributed by atoms with van der Waals surface area (Å²) in [5.41, 5.74) is 0. The molecule has 0 radical (unpaired) electrons. The zero-order valence-electron chi connectivity index (χ0n) is 10.8. The summed E-state index contributed by atoms with van der Waals surface area (Å²) in [6.45, 7) is 11.7. The number of aliphatic hydroxyl groups excluding tert-OH is 1. The molecule has 90 valence electrons. The van der Waals surface area contributed by atoms with Crippen LogP contribution in [-0.4, -0.2) is 26.1 Å². The lowest BCUT2D eigenvalue weighted by Gasteiger charge is -2.39. The van der Waals surface area contributed by atoms with Crippen molar-refractivity contribution in [1.29, 1.82) is 0 Å². The van der Waals surface area contributed by atoms with Crippen molar-refractivity contribution >= 4 is 8.32 Å². The van der Waals surface area contributed by atoms with Gasteiger partial charge in [-0.15, -0.1) is 0 Å². The standard InChI is InChI=1S/C12H26O2Si/c1-12(2,3)15(4,5)14-11-8-6-7-10(11)9-13/h10-11,13H,6-9H2,1-5H3/t10-,11-/m0/s1. The zero-order valence-corrected chi connectivity index (χ0v) is 11.8. The van der Waals surface area contributed by atoms with Gasteiger partial charge in [-0.25, -0.2) is 0 Å². The third kappa shape index (κ3) is 3.05. The fourth-order valence-corrected chi connectivity index (χ4v) is 3.34. The Morgan fingerprint density at radius 1 is 1.27 bits per heavy atom. The molecule has 1 N–H and O–H groups in total. The van der Waals surface area contributed by atoms with Crippen LogP contribution in [0.15, 0.2) is 0 Å². The first-order chi connectivity index (χ1) is 6.78. The summed E-state index contributed by atoms with van der Waals surface area (Å²) in [5, 5.41) is 9.54. The molecule has 1 rings (SSSR count). The molecule has 0 aromatic rings. The Morgan fingerprint density at radius 2 is 1.87 bits per heavy atom. The lowest BCUT2D eigenvalue weighted by Crippen LogP contribution is -2.45. The second kappa shape index (κ2) is 4.56. The van der Waals surface area contributed by atoms with Crippen molar-refractivity contribution in [2.75, 3.05) is 6.61 Å². The van der Waals surface area contributed by atoms with Gasteiger partial charge in [0, 0.05) is 12.5 Å². The van der Waals surface area contributed by atoms with Crippen LogP contribution in [-0.2, 0) is 4.43 Å². The van der Waals surface area contributed by atoms with Crippen molar-refractivity contribution in [3.8, 4) is 0 Å². The summed E-state index contributed by atoms with van der Waals surface area (Å²) in [6.07, 6.45) is 3.80. The van der Waals surface area contributed by atoms with E-state index in [-0.39, 0.29) is 5.04 Å².